The smallest absolute Gasteiger partial charge is 0.138 e. The minimum atomic E-state index is 0.841. The number of benzene rings is 18. The molecule has 0 aliphatic carbocycles. The zero-order valence-corrected chi connectivity index (χ0v) is 75.0. The van der Waals surface area contributed by atoms with Gasteiger partial charge in [-0.1, -0.05) is 328 Å². The van der Waals surface area contributed by atoms with E-state index in [4.69, 9.17) is 19.9 Å². The Labute approximate surface area is 795 Å². The first-order valence-corrected chi connectivity index (χ1v) is 46.9. The van der Waals surface area contributed by atoms with E-state index in [0.717, 1.165) is 113 Å². The Kier molecular flexibility index (Phi) is 19.7. The van der Waals surface area contributed by atoms with Crippen molar-refractivity contribution in [3.05, 3.63) is 510 Å². The van der Waals surface area contributed by atoms with Gasteiger partial charge in [0.15, 0.2) is 0 Å². The van der Waals surface area contributed by atoms with Crippen LogP contribution in [0.2, 0.25) is 0 Å². The second kappa shape index (κ2) is 33.9. The molecule has 28 rings (SSSR count). The Hall–Kier alpha value is -18.6. The summed E-state index contributed by atoms with van der Waals surface area (Å²) in [6, 6.07) is 180. The van der Waals surface area contributed by atoms with Crippen molar-refractivity contribution in [2.75, 3.05) is 0 Å². The number of para-hydroxylation sites is 9. The van der Waals surface area contributed by atoms with Gasteiger partial charge in [0.1, 0.15) is 17.5 Å². The van der Waals surface area contributed by atoms with Crippen LogP contribution in [0.25, 0.3) is 244 Å². The van der Waals surface area contributed by atoms with Gasteiger partial charge < -0.3 is 13.7 Å². The molecule has 0 unspecified atom stereocenters. The van der Waals surface area contributed by atoms with Gasteiger partial charge in [-0.2, -0.15) is 0 Å². The summed E-state index contributed by atoms with van der Waals surface area (Å²) in [5.41, 5.74) is 32.4. The SMILES string of the molecule is c1ccc(-c2cc(-c3ccccc3)cc(-c3cccc(-n4c5ccccc5c5c6c7ccccc7n(-c7ccccc7)c6ccc54)n3)c2)cc1.c1ccc(-c2cccc(-c3cccc(-n4c5ccccc5c5c6c7ccccc7n(-c7ccccc7)c6ccc54)n3)c2)cc1.c1ccc(-c2cccc(-c3cccc(-n4c5ccccc5c5c6c7ccccc7n(-c7ccccc7)c6ccc54)n3)n2)cc1. The zero-order valence-electron chi connectivity index (χ0n) is 75.0. The summed E-state index contributed by atoms with van der Waals surface area (Å²) >= 11 is 0. The van der Waals surface area contributed by atoms with Crippen LogP contribution in [0.1, 0.15) is 0 Å². The molecule has 0 spiro atoms. The first-order valence-electron chi connectivity index (χ1n) is 46.9. The average Bonchev–Trinajstić information content (AvgIpc) is 1.55. The van der Waals surface area contributed by atoms with Crippen molar-refractivity contribution in [2.24, 2.45) is 0 Å². The largest absolute Gasteiger partial charge is 0.309 e. The van der Waals surface area contributed by atoms with Crippen LogP contribution in [0.15, 0.2) is 510 Å². The Balaban J connectivity index is 0.000000107. The molecule has 28 aromatic rings. The van der Waals surface area contributed by atoms with Crippen LogP contribution in [0.3, 0.4) is 0 Å². The molecule has 0 N–H and O–H groups in total. The van der Waals surface area contributed by atoms with Gasteiger partial charge in [0.25, 0.3) is 0 Å². The summed E-state index contributed by atoms with van der Waals surface area (Å²) < 4.78 is 14.1. The standard InChI is InChI=1S/C47H31N3.C41H27N3.C40H26N4/c1-4-15-32(16-5-1)34-29-35(33-17-6-2-7-18-33)31-36(30-34)40-23-14-26-45(48-40)50-42-25-13-11-22-39(42)47-44(50)28-27-43-46(47)38-21-10-12-24-41(38)49(43)37-19-8-3-9-20-37;1-3-13-28(14-4-1)29-15-11-16-30(27-29)34-21-12-24-39(42-34)44-36-23-10-8-20-33(36)41-38(44)26-25-37-40(41)32-19-7-9-22-35(32)43(37)31-17-5-2-6-18-31;1-3-13-27(14-4-1)31-19-11-20-32(41-31)33-21-12-24-38(42-33)44-35-23-10-8-18-30(35)40-37(44)26-25-36-39(40)29-17-7-9-22-34(29)43(36)28-15-5-2-6-16-28/h1-31H;1-27H;1-26H. The summed E-state index contributed by atoms with van der Waals surface area (Å²) in [4.78, 5) is 20.9. The zero-order chi connectivity index (χ0) is 91.1. The van der Waals surface area contributed by atoms with E-state index >= 15 is 0 Å². The summed E-state index contributed by atoms with van der Waals surface area (Å²) in [6.45, 7) is 0. The molecular formula is C128H84N10. The van der Waals surface area contributed by atoms with Crippen molar-refractivity contribution in [1.29, 1.82) is 0 Å². The summed E-state index contributed by atoms with van der Waals surface area (Å²) in [6.07, 6.45) is 0. The maximum atomic E-state index is 5.41. The molecule has 0 amide bonds. The van der Waals surface area contributed by atoms with Crippen LogP contribution < -0.4 is 0 Å². The number of hydrogen-bond acceptors (Lipinski definition) is 4. The van der Waals surface area contributed by atoms with Crippen LogP contribution >= 0.6 is 0 Å². The fourth-order valence-electron chi connectivity index (χ4n) is 21.2. The molecule has 10 heteroatoms. The van der Waals surface area contributed by atoms with Gasteiger partial charge in [-0.05, 0) is 215 Å². The van der Waals surface area contributed by atoms with Gasteiger partial charge in [0.2, 0.25) is 0 Å². The molecule has 0 aliphatic rings. The van der Waals surface area contributed by atoms with Gasteiger partial charge in [0, 0.05) is 98.4 Å². The topological polar surface area (TPSA) is 81.1 Å². The Morgan fingerprint density at radius 3 is 0.667 bits per heavy atom. The van der Waals surface area contributed by atoms with Crippen LogP contribution in [0.5, 0.6) is 0 Å². The van der Waals surface area contributed by atoms with Crippen molar-refractivity contribution in [1.82, 2.24) is 47.3 Å². The van der Waals surface area contributed by atoms with Crippen LogP contribution in [-0.2, 0) is 0 Å². The first kappa shape index (κ1) is 80.2. The third kappa shape index (κ3) is 13.7. The molecule has 138 heavy (non-hydrogen) atoms. The molecule has 0 bridgehead atoms. The second-order valence-corrected chi connectivity index (χ2v) is 35.1. The normalized spacial score (nSPS) is 11.6. The molecule has 0 aliphatic heterocycles. The van der Waals surface area contributed by atoms with Gasteiger partial charge in [-0.3, -0.25) is 13.7 Å². The predicted octanol–water partition coefficient (Wildman–Crippen LogP) is 32.9. The monoisotopic (exact) mass is 1760 g/mol. The van der Waals surface area contributed by atoms with E-state index in [-0.39, 0.29) is 0 Å². The third-order valence-corrected chi connectivity index (χ3v) is 27.1. The highest BCUT2D eigenvalue weighted by Gasteiger charge is 2.27. The molecule has 646 valence electrons. The van der Waals surface area contributed by atoms with E-state index in [2.05, 4.69) is 501 Å². The molecule has 10 heterocycles. The molecular weight excluding hydrogens is 1680 g/mol. The van der Waals surface area contributed by atoms with E-state index in [1.165, 1.54) is 131 Å². The highest BCUT2D eigenvalue weighted by Crippen LogP contribution is 2.48. The lowest BCUT2D eigenvalue weighted by atomic mass is 9.95. The molecule has 0 radical (unpaired) electrons. The summed E-state index contributed by atoms with van der Waals surface area (Å²) in [5, 5.41) is 14.9. The number of hydrogen-bond donors (Lipinski definition) is 0. The van der Waals surface area contributed by atoms with E-state index in [9.17, 15) is 0 Å². The molecule has 18 aromatic carbocycles. The second-order valence-electron chi connectivity index (χ2n) is 35.1. The molecule has 0 atom stereocenters. The van der Waals surface area contributed by atoms with Crippen molar-refractivity contribution in [3.63, 3.8) is 0 Å². The van der Waals surface area contributed by atoms with Crippen molar-refractivity contribution in [3.8, 4) is 113 Å². The molecule has 10 nitrogen and oxygen atoms in total. The quantitative estimate of drug-likeness (QED) is 0.115. The van der Waals surface area contributed by atoms with Crippen molar-refractivity contribution in [2.45, 2.75) is 0 Å². The van der Waals surface area contributed by atoms with Crippen molar-refractivity contribution < 1.29 is 0 Å². The molecule has 0 saturated heterocycles. The minimum absolute atomic E-state index is 0.841. The number of rotatable bonds is 13. The number of nitrogens with zero attached hydrogens (tertiary/aromatic N) is 10. The van der Waals surface area contributed by atoms with Crippen LogP contribution in [0, 0.1) is 0 Å². The van der Waals surface area contributed by atoms with Gasteiger partial charge >= 0.3 is 0 Å². The van der Waals surface area contributed by atoms with Gasteiger partial charge in [-0.25, -0.2) is 19.9 Å². The van der Waals surface area contributed by atoms with E-state index < -0.39 is 0 Å². The number of fused-ring (bicyclic) bond motifs is 21. The lowest BCUT2D eigenvalue weighted by Crippen LogP contribution is -1.99. The van der Waals surface area contributed by atoms with Crippen LogP contribution in [-0.4, -0.2) is 47.3 Å². The maximum absolute atomic E-state index is 5.41. The molecule has 0 fully saturated rings. The summed E-state index contributed by atoms with van der Waals surface area (Å²) in [5.74, 6) is 2.67. The fourth-order valence-corrected chi connectivity index (χ4v) is 21.2. The van der Waals surface area contributed by atoms with Crippen LogP contribution in [0.4, 0.5) is 0 Å². The first-order chi connectivity index (χ1) is 68.5. The van der Waals surface area contributed by atoms with E-state index in [0.29, 0.717) is 0 Å². The Bertz CT molecular complexity index is 9160. The van der Waals surface area contributed by atoms with Gasteiger partial charge in [0.05, 0.1) is 94.7 Å². The fraction of sp³-hybridized carbons (Fsp3) is 0. The van der Waals surface area contributed by atoms with Gasteiger partial charge in [-0.15, -0.1) is 0 Å². The maximum Gasteiger partial charge on any atom is 0.138 e. The Morgan fingerprint density at radius 1 is 0.116 bits per heavy atom. The summed E-state index contributed by atoms with van der Waals surface area (Å²) in [7, 11) is 0. The molecule has 0 saturated carbocycles. The van der Waals surface area contributed by atoms with Crippen molar-refractivity contribution >= 4 is 131 Å². The van der Waals surface area contributed by atoms with E-state index in [1.54, 1.807) is 0 Å². The predicted molar refractivity (Wildman–Crippen MR) is 575 cm³/mol. The lowest BCUT2D eigenvalue weighted by molar-refractivity contribution is 1.08. The van der Waals surface area contributed by atoms with E-state index in [1.807, 2.05) is 36.4 Å². The Morgan fingerprint density at radius 2 is 0.326 bits per heavy atom. The minimum Gasteiger partial charge on any atom is -0.309 e. The number of pyridine rings is 4. The average molecular weight is 1760 g/mol. The number of aromatic nitrogens is 10. The lowest BCUT2D eigenvalue weighted by Gasteiger charge is -2.13. The third-order valence-electron chi connectivity index (χ3n) is 27.1. The molecule has 10 aromatic heterocycles. The highest BCUT2D eigenvalue weighted by atomic mass is 15.1. The highest BCUT2D eigenvalue weighted by molar-refractivity contribution is 6.32.